The molecule has 1 saturated heterocycles. The van der Waals surface area contributed by atoms with Crippen LogP contribution in [-0.4, -0.2) is 52.0 Å². The highest BCUT2D eigenvalue weighted by Gasteiger charge is 2.25. The number of morpholine rings is 1. The van der Waals surface area contributed by atoms with E-state index in [1.807, 2.05) is 61.9 Å². The van der Waals surface area contributed by atoms with E-state index in [0.717, 1.165) is 30.2 Å². The molecule has 2 aromatic heterocycles. The number of carbonyl (C=O) groups excluding carboxylic acids is 1. The maximum absolute atomic E-state index is 12.8. The van der Waals surface area contributed by atoms with Crippen LogP contribution in [0.1, 0.15) is 31.3 Å². The van der Waals surface area contributed by atoms with Crippen molar-refractivity contribution in [1.82, 2.24) is 19.7 Å². The van der Waals surface area contributed by atoms with E-state index in [-0.39, 0.29) is 11.4 Å². The van der Waals surface area contributed by atoms with Crippen LogP contribution >= 0.6 is 0 Å². The Hall–Kier alpha value is -3.26. The first kappa shape index (κ1) is 20.0. The summed E-state index contributed by atoms with van der Waals surface area (Å²) >= 11 is 0. The molecule has 8 heteroatoms. The van der Waals surface area contributed by atoms with E-state index < -0.39 is 0 Å². The van der Waals surface area contributed by atoms with Gasteiger partial charge >= 0.3 is 0 Å². The number of aromatic nitrogens is 4. The van der Waals surface area contributed by atoms with Crippen molar-refractivity contribution in [2.45, 2.75) is 26.3 Å². The topological polar surface area (TPSA) is 85.2 Å². The number of hydrogen-bond acceptors (Lipinski definition) is 6. The zero-order valence-electron chi connectivity index (χ0n) is 17.5. The number of anilines is 2. The molecule has 1 amide bonds. The molecule has 156 valence electrons. The van der Waals surface area contributed by atoms with Crippen molar-refractivity contribution in [3.05, 3.63) is 54.4 Å². The molecule has 0 saturated carbocycles. The maximum atomic E-state index is 12.8. The number of amides is 1. The number of nitrogens with zero attached hydrogens (tertiary/aromatic N) is 5. The number of para-hydroxylation sites is 1. The van der Waals surface area contributed by atoms with Crippen molar-refractivity contribution < 1.29 is 9.53 Å². The van der Waals surface area contributed by atoms with Gasteiger partial charge in [0.05, 0.1) is 30.1 Å². The third-order valence-electron chi connectivity index (χ3n) is 4.81. The molecule has 1 aromatic carbocycles. The second-order valence-corrected chi connectivity index (χ2v) is 8.16. The first-order valence-corrected chi connectivity index (χ1v) is 10.0. The number of benzene rings is 1. The Kier molecular flexibility index (Phi) is 5.50. The van der Waals surface area contributed by atoms with Gasteiger partial charge in [0.15, 0.2) is 5.69 Å². The first-order valence-electron chi connectivity index (χ1n) is 10.0. The van der Waals surface area contributed by atoms with Gasteiger partial charge in [-0.1, -0.05) is 18.2 Å². The van der Waals surface area contributed by atoms with Crippen LogP contribution in [0, 0.1) is 0 Å². The predicted molar refractivity (Wildman–Crippen MR) is 116 cm³/mol. The quantitative estimate of drug-likeness (QED) is 0.716. The molecule has 0 aliphatic carbocycles. The van der Waals surface area contributed by atoms with Gasteiger partial charge in [0.25, 0.3) is 5.91 Å². The van der Waals surface area contributed by atoms with E-state index in [1.165, 1.54) is 0 Å². The number of hydrogen-bond donors (Lipinski definition) is 1. The van der Waals surface area contributed by atoms with Gasteiger partial charge in [0.2, 0.25) is 5.95 Å². The summed E-state index contributed by atoms with van der Waals surface area (Å²) in [5.41, 5.74) is 2.25. The average molecular weight is 406 g/mol. The number of rotatable bonds is 4. The average Bonchev–Trinajstić information content (AvgIpc) is 3.22. The van der Waals surface area contributed by atoms with Gasteiger partial charge in [-0.25, -0.2) is 9.97 Å². The highest BCUT2D eigenvalue weighted by molar-refractivity contribution is 6.03. The van der Waals surface area contributed by atoms with Crippen LogP contribution in [0.4, 0.5) is 11.6 Å². The lowest BCUT2D eigenvalue weighted by Gasteiger charge is -2.27. The van der Waals surface area contributed by atoms with Crippen molar-refractivity contribution >= 4 is 17.5 Å². The lowest BCUT2D eigenvalue weighted by molar-refractivity contribution is 0.102. The van der Waals surface area contributed by atoms with Crippen LogP contribution in [0.15, 0.2) is 48.7 Å². The van der Waals surface area contributed by atoms with Crippen LogP contribution in [0.5, 0.6) is 0 Å². The molecule has 3 heterocycles. The Morgan fingerprint density at radius 2 is 1.83 bits per heavy atom. The third-order valence-corrected chi connectivity index (χ3v) is 4.81. The molecule has 4 rings (SSSR count). The van der Waals surface area contributed by atoms with E-state index in [2.05, 4.69) is 20.3 Å². The Balaban J connectivity index is 1.68. The van der Waals surface area contributed by atoms with Crippen molar-refractivity contribution in [2.24, 2.45) is 0 Å². The summed E-state index contributed by atoms with van der Waals surface area (Å²) in [6.45, 7) is 8.99. The van der Waals surface area contributed by atoms with Gasteiger partial charge in [-0.3, -0.25) is 9.48 Å². The van der Waals surface area contributed by atoms with Crippen LogP contribution in [0.25, 0.3) is 11.4 Å². The summed E-state index contributed by atoms with van der Waals surface area (Å²) in [4.78, 5) is 24.1. The third kappa shape index (κ3) is 4.33. The summed E-state index contributed by atoms with van der Waals surface area (Å²) in [6, 6.07) is 13.0. The molecule has 1 fully saturated rings. The lowest BCUT2D eigenvalue weighted by Crippen LogP contribution is -2.37. The monoisotopic (exact) mass is 406 g/mol. The SMILES string of the molecule is CC(C)(C)n1nc(C(=O)Nc2ccccc2)cc1-c1ccnc(N2CCOCC2)n1. The Bertz CT molecular complexity index is 1020. The molecule has 8 nitrogen and oxygen atoms in total. The molecular formula is C22H26N6O2. The highest BCUT2D eigenvalue weighted by atomic mass is 16.5. The standard InChI is InChI=1S/C22H26N6O2/c1-22(2,3)28-19(15-18(26-28)20(29)24-16-7-5-4-6-8-16)17-9-10-23-21(25-17)27-11-13-30-14-12-27/h4-10,15H,11-14H2,1-3H3,(H,24,29). The number of ether oxygens (including phenoxy) is 1. The summed E-state index contributed by atoms with van der Waals surface area (Å²) < 4.78 is 7.27. The van der Waals surface area contributed by atoms with Crippen LogP contribution in [0.3, 0.4) is 0 Å². The minimum atomic E-state index is -0.329. The molecule has 1 aliphatic heterocycles. The van der Waals surface area contributed by atoms with E-state index in [0.29, 0.717) is 24.9 Å². The lowest BCUT2D eigenvalue weighted by atomic mass is 10.1. The minimum Gasteiger partial charge on any atom is -0.378 e. The zero-order chi connectivity index (χ0) is 21.1. The summed E-state index contributed by atoms with van der Waals surface area (Å²) in [6.07, 6.45) is 1.75. The molecule has 0 unspecified atom stereocenters. The normalized spacial score (nSPS) is 14.6. The highest BCUT2D eigenvalue weighted by Crippen LogP contribution is 2.27. The molecule has 0 spiro atoms. The Labute approximate surface area is 175 Å². The van der Waals surface area contributed by atoms with Gasteiger partial charge in [0.1, 0.15) is 0 Å². The van der Waals surface area contributed by atoms with Gasteiger partial charge in [-0.15, -0.1) is 0 Å². The van der Waals surface area contributed by atoms with Gasteiger partial charge in [-0.2, -0.15) is 5.10 Å². The van der Waals surface area contributed by atoms with Gasteiger partial charge in [0, 0.05) is 25.0 Å². The van der Waals surface area contributed by atoms with E-state index in [1.54, 1.807) is 12.3 Å². The number of carbonyl (C=O) groups is 1. The molecule has 30 heavy (non-hydrogen) atoms. The minimum absolute atomic E-state index is 0.257. The summed E-state index contributed by atoms with van der Waals surface area (Å²) in [5.74, 6) is 0.403. The molecule has 1 aliphatic rings. The van der Waals surface area contributed by atoms with Crippen molar-refractivity contribution in [1.29, 1.82) is 0 Å². The fourth-order valence-corrected chi connectivity index (χ4v) is 3.31. The van der Waals surface area contributed by atoms with Gasteiger partial charge < -0.3 is 15.0 Å². The summed E-state index contributed by atoms with van der Waals surface area (Å²) in [7, 11) is 0. The van der Waals surface area contributed by atoms with Crippen LogP contribution in [-0.2, 0) is 10.3 Å². The molecule has 0 radical (unpaired) electrons. The van der Waals surface area contributed by atoms with Crippen molar-refractivity contribution in [3.8, 4) is 11.4 Å². The smallest absolute Gasteiger partial charge is 0.276 e. The number of nitrogens with one attached hydrogen (secondary N) is 1. The second kappa shape index (κ2) is 8.23. The molecule has 0 bridgehead atoms. The Morgan fingerprint density at radius 3 is 2.53 bits per heavy atom. The molecule has 3 aromatic rings. The Morgan fingerprint density at radius 1 is 1.10 bits per heavy atom. The second-order valence-electron chi connectivity index (χ2n) is 8.16. The molecular weight excluding hydrogens is 380 g/mol. The van der Waals surface area contributed by atoms with Crippen LogP contribution in [0.2, 0.25) is 0 Å². The van der Waals surface area contributed by atoms with Crippen molar-refractivity contribution in [3.63, 3.8) is 0 Å². The van der Waals surface area contributed by atoms with Crippen molar-refractivity contribution in [2.75, 3.05) is 36.5 Å². The van der Waals surface area contributed by atoms with Gasteiger partial charge in [-0.05, 0) is 45.0 Å². The van der Waals surface area contributed by atoms with Crippen LogP contribution < -0.4 is 10.2 Å². The first-order chi connectivity index (χ1) is 14.4. The maximum Gasteiger partial charge on any atom is 0.276 e. The molecule has 1 N–H and O–H groups in total. The predicted octanol–water partition coefficient (Wildman–Crippen LogP) is 3.18. The van der Waals surface area contributed by atoms with E-state index in [4.69, 9.17) is 9.72 Å². The zero-order valence-corrected chi connectivity index (χ0v) is 17.5. The van der Waals surface area contributed by atoms with E-state index >= 15 is 0 Å². The van der Waals surface area contributed by atoms with E-state index in [9.17, 15) is 4.79 Å². The largest absolute Gasteiger partial charge is 0.378 e. The summed E-state index contributed by atoms with van der Waals surface area (Å²) in [5, 5.41) is 7.50. The molecule has 0 atom stereocenters. The fraction of sp³-hybridized carbons (Fsp3) is 0.364. The fourth-order valence-electron chi connectivity index (χ4n) is 3.31.